The molecular weight excluding hydrogens is 243 g/mol. The van der Waals surface area contributed by atoms with Crippen LogP contribution in [0.2, 0.25) is 5.02 Å². The molecule has 2 aromatic rings. The van der Waals surface area contributed by atoms with Gasteiger partial charge in [-0.25, -0.2) is 4.39 Å². The Morgan fingerprint density at radius 3 is 2.88 bits per heavy atom. The summed E-state index contributed by atoms with van der Waals surface area (Å²) in [5.41, 5.74) is 4.01. The lowest BCUT2D eigenvalue weighted by Crippen LogP contribution is -2.29. The van der Waals surface area contributed by atoms with Crippen molar-refractivity contribution >= 4 is 11.6 Å². The van der Waals surface area contributed by atoms with E-state index < -0.39 is 0 Å². The zero-order valence-corrected chi connectivity index (χ0v) is 9.75. The van der Waals surface area contributed by atoms with E-state index in [0.29, 0.717) is 17.0 Å². The Kier molecular flexibility index (Phi) is 3.78. The van der Waals surface area contributed by atoms with Gasteiger partial charge >= 0.3 is 0 Å². The summed E-state index contributed by atoms with van der Waals surface area (Å²) < 4.78 is 18.5. The maximum absolute atomic E-state index is 13.6. The van der Waals surface area contributed by atoms with Crippen molar-refractivity contribution in [3.8, 4) is 0 Å². The highest BCUT2D eigenvalue weighted by Crippen LogP contribution is 2.22. The van der Waals surface area contributed by atoms with Crippen LogP contribution in [0.1, 0.15) is 17.2 Å². The minimum Gasteiger partial charge on any atom is -0.472 e. The van der Waals surface area contributed by atoms with Crippen LogP contribution in [0.5, 0.6) is 0 Å². The minimum atomic E-state index is -0.293. The second kappa shape index (κ2) is 5.31. The fourth-order valence-corrected chi connectivity index (χ4v) is 1.86. The summed E-state index contributed by atoms with van der Waals surface area (Å²) in [6.07, 6.45) is 3.53. The number of hydrazine groups is 1. The van der Waals surface area contributed by atoms with Crippen LogP contribution >= 0.6 is 11.6 Å². The standard InChI is InChI=1S/C12H12ClFN2O/c13-10-1-2-11(14)9(5-10)6-12(16-15)8-3-4-17-7-8/h1-5,7,12,16H,6,15H2. The number of rotatable bonds is 4. The lowest BCUT2D eigenvalue weighted by molar-refractivity contribution is 0.513. The molecule has 1 unspecified atom stereocenters. The third-order valence-electron chi connectivity index (χ3n) is 2.58. The molecule has 0 saturated heterocycles. The molecule has 1 atom stereocenters. The SMILES string of the molecule is NNC(Cc1cc(Cl)ccc1F)c1ccoc1. The van der Waals surface area contributed by atoms with Crippen LogP contribution in [0, 0.1) is 5.82 Å². The molecule has 3 N–H and O–H groups in total. The van der Waals surface area contributed by atoms with Crippen LogP contribution in [-0.2, 0) is 6.42 Å². The molecule has 2 rings (SSSR count). The number of hydrogen-bond acceptors (Lipinski definition) is 3. The first-order valence-corrected chi connectivity index (χ1v) is 5.50. The van der Waals surface area contributed by atoms with Gasteiger partial charge in [-0.1, -0.05) is 11.6 Å². The smallest absolute Gasteiger partial charge is 0.126 e. The van der Waals surface area contributed by atoms with Crippen molar-refractivity contribution in [2.75, 3.05) is 0 Å². The summed E-state index contributed by atoms with van der Waals surface area (Å²) in [7, 11) is 0. The van der Waals surface area contributed by atoms with Gasteiger partial charge in [0.05, 0.1) is 18.6 Å². The lowest BCUT2D eigenvalue weighted by Gasteiger charge is -2.14. The molecule has 0 radical (unpaired) electrons. The fourth-order valence-electron chi connectivity index (χ4n) is 1.67. The summed E-state index contributed by atoms with van der Waals surface area (Å²) in [5.74, 6) is 5.16. The number of benzene rings is 1. The Balaban J connectivity index is 2.21. The van der Waals surface area contributed by atoms with E-state index in [1.54, 1.807) is 24.7 Å². The fraction of sp³-hybridized carbons (Fsp3) is 0.167. The van der Waals surface area contributed by atoms with Crippen molar-refractivity contribution in [2.24, 2.45) is 5.84 Å². The quantitative estimate of drug-likeness (QED) is 0.652. The number of halogens is 2. The average molecular weight is 255 g/mol. The minimum absolute atomic E-state index is 0.207. The van der Waals surface area contributed by atoms with Crippen molar-refractivity contribution in [2.45, 2.75) is 12.5 Å². The van der Waals surface area contributed by atoms with Gasteiger partial charge in [-0.05, 0) is 36.2 Å². The molecule has 0 aliphatic carbocycles. The van der Waals surface area contributed by atoms with Crippen LogP contribution in [0.15, 0.2) is 41.2 Å². The molecule has 0 aliphatic rings. The highest BCUT2D eigenvalue weighted by atomic mass is 35.5. The number of hydrogen-bond donors (Lipinski definition) is 2. The van der Waals surface area contributed by atoms with Gasteiger partial charge in [0.15, 0.2) is 0 Å². The van der Waals surface area contributed by atoms with E-state index >= 15 is 0 Å². The second-order valence-electron chi connectivity index (χ2n) is 3.72. The monoisotopic (exact) mass is 254 g/mol. The summed E-state index contributed by atoms with van der Waals surface area (Å²) >= 11 is 5.83. The van der Waals surface area contributed by atoms with E-state index in [2.05, 4.69) is 5.43 Å². The average Bonchev–Trinajstić information content (AvgIpc) is 2.84. The second-order valence-corrected chi connectivity index (χ2v) is 4.15. The van der Waals surface area contributed by atoms with Crippen LogP contribution in [0.25, 0.3) is 0 Å². The third-order valence-corrected chi connectivity index (χ3v) is 2.81. The molecule has 0 amide bonds. The Hall–Kier alpha value is -1.36. The Bertz CT molecular complexity index is 487. The molecule has 0 aliphatic heterocycles. The van der Waals surface area contributed by atoms with Gasteiger partial charge in [-0.3, -0.25) is 11.3 Å². The summed E-state index contributed by atoms with van der Waals surface area (Å²) in [5, 5.41) is 0.504. The van der Waals surface area contributed by atoms with E-state index in [1.165, 1.54) is 12.1 Å². The van der Waals surface area contributed by atoms with E-state index in [1.807, 2.05) is 0 Å². The van der Waals surface area contributed by atoms with Crippen LogP contribution in [-0.4, -0.2) is 0 Å². The first kappa shape index (κ1) is 12.1. The normalized spacial score (nSPS) is 12.6. The molecular formula is C12H12ClFN2O. The maximum atomic E-state index is 13.6. The number of furan rings is 1. The molecule has 17 heavy (non-hydrogen) atoms. The number of nitrogens with one attached hydrogen (secondary N) is 1. The van der Waals surface area contributed by atoms with Gasteiger partial charge in [-0.15, -0.1) is 0 Å². The van der Waals surface area contributed by atoms with Gasteiger partial charge in [0.25, 0.3) is 0 Å². The summed E-state index contributed by atoms with van der Waals surface area (Å²) in [6.45, 7) is 0. The molecule has 1 heterocycles. The predicted octanol–water partition coefficient (Wildman–Crippen LogP) is 2.82. The van der Waals surface area contributed by atoms with Gasteiger partial charge < -0.3 is 4.42 Å². The first-order valence-electron chi connectivity index (χ1n) is 5.13. The van der Waals surface area contributed by atoms with E-state index in [4.69, 9.17) is 21.9 Å². The Morgan fingerprint density at radius 1 is 1.41 bits per heavy atom. The molecule has 5 heteroatoms. The molecule has 0 spiro atoms. The van der Waals surface area contributed by atoms with E-state index in [9.17, 15) is 4.39 Å². The summed E-state index contributed by atoms with van der Waals surface area (Å²) in [6, 6.07) is 6.04. The molecule has 0 fully saturated rings. The van der Waals surface area contributed by atoms with Gasteiger partial charge in [0.2, 0.25) is 0 Å². The van der Waals surface area contributed by atoms with Gasteiger partial charge in [0, 0.05) is 10.6 Å². The van der Waals surface area contributed by atoms with Crippen molar-refractivity contribution in [3.63, 3.8) is 0 Å². The molecule has 1 aromatic heterocycles. The summed E-state index contributed by atoms with van der Waals surface area (Å²) in [4.78, 5) is 0. The topological polar surface area (TPSA) is 51.2 Å². The Labute approximate surface area is 103 Å². The van der Waals surface area contributed by atoms with Crippen LogP contribution in [0.3, 0.4) is 0 Å². The molecule has 0 saturated carbocycles. The maximum Gasteiger partial charge on any atom is 0.126 e. The van der Waals surface area contributed by atoms with E-state index in [0.717, 1.165) is 5.56 Å². The lowest BCUT2D eigenvalue weighted by atomic mass is 10.0. The largest absolute Gasteiger partial charge is 0.472 e. The first-order chi connectivity index (χ1) is 8.20. The zero-order chi connectivity index (χ0) is 12.3. The number of nitrogens with two attached hydrogens (primary N) is 1. The van der Waals surface area contributed by atoms with E-state index in [-0.39, 0.29) is 11.9 Å². The molecule has 3 nitrogen and oxygen atoms in total. The van der Waals surface area contributed by atoms with Crippen LogP contribution < -0.4 is 11.3 Å². The van der Waals surface area contributed by atoms with Gasteiger partial charge in [0.1, 0.15) is 5.82 Å². The van der Waals surface area contributed by atoms with Crippen molar-refractivity contribution in [1.29, 1.82) is 0 Å². The highest BCUT2D eigenvalue weighted by molar-refractivity contribution is 6.30. The molecule has 1 aromatic carbocycles. The highest BCUT2D eigenvalue weighted by Gasteiger charge is 2.14. The molecule has 0 bridgehead atoms. The van der Waals surface area contributed by atoms with Crippen molar-refractivity contribution in [1.82, 2.24) is 5.43 Å². The van der Waals surface area contributed by atoms with Crippen molar-refractivity contribution < 1.29 is 8.81 Å². The zero-order valence-electron chi connectivity index (χ0n) is 8.99. The van der Waals surface area contributed by atoms with Crippen LogP contribution in [0.4, 0.5) is 4.39 Å². The predicted molar refractivity (Wildman–Crippen MR) is 63.9 cm³/mol. The third kappa shape index (κ3) is 2.85. The Morgan fingerprint density at radius 2 is 2.24 bits per heavy atom. The molecule has 90 valence electrons. The van der Waals surface area contributed by atoms with Gasteiger partial charge in [-0.2, -0.15) is 0 Å². The van der Waals surface area contributed by atoms with Crippen molar-refractivity contribution in [3.05, 3.63) is 58.8 Å².